The van der Waals surface area contributed by atoms with E-state index >= 15 is 0 Å². The summed E-state index contributed by atoms with van der Waals surface area (Å²) in [5.41, 5.74) is 5.19. The number of aromatic nitrogens is 1. The SMILES string of the molecule is CCCCn1c(O)cc(CC)c(C(N)=O)c1=O. The van der Waals surface area contributed by atoms with Gasteiger partial charge in [-0.05, 0) is 18.4 Å². The van der Waals surface area contributed by atoms with Crippen molar-refractivity contribution in [1.29, 1.82) is 0 Å². The van der Waals surface area contributed by atoms with Crippen LogP contribution < -0.4 is 11.3 Å². The van der Waals surface area contributed by atoms with Gasteiger partial charge in [-0.1, -0.05) is 20.3 Å². The largest absolute Gasteiger partial charge is 0.494 e. The Bertz CT molecular complexity index is 477. The molecule has 94 valence electrons. The smallest absolute Gasteiger partial charge is 0.266 e. The highest BCUT2D eigenvalue weighted by molar-refractivity contribution is 5.94. The van der Waals surface area contributed by atoms with E-state index in [1.807, 2.05) is 6.92 Å². The summed E-state index contributed by atoms with van der Waals surface area (Å²) >= 11 is 0. The van der Waals surface area contributed by atoms with E-state index < -0.39 is 11.5 Å². The van der Waals surface area contributed by atoms with Crippen molar-refractivity contribution in [3.8, 4) is 5.88 Å². The molecule has 0 bridgehead atoms. The molecule has 3 N–H and O–H groups in total. The quantitative estimate of drug-likeness (QED) is 0.803. The van der Waals surface area contributed by atoms with Crippen LogP contribution in [0.15, 0.2) is 10.9 Å². The lowest BCUT2D eigenvalue weighted by Gasteiger charge is -2.12. The highest BCUT2D eigenvalue weighted by Crippen LogP contribution is 2.14. The van der Waals surface area contributed by atoms with E-state index in [4.69, 9.17) is 5.73 Å². The monoisotopic (exact) mass is 238 g/mol. The average Bonchev–Trinajstić information content (AvgIpc) is 2.27. The molecule has 0 aliphatic carbocycles. The van der Waals surface area contributed by atoms with Gasteiger partial charge in [0.2, 0.25) is 0 Å². The van der Waals surface area contributed by atoms with E-state index in [2.05, 4.69) is 0 Å². The molecule has 0 unspecified atom stereocenters. The number of primary amides is 1. The van der Waals surface area contributed by atoms with Crippen LogP contribution in [0.2, 0.25) is 0 Å². The Hall–Kier alpha value is -1.78. The van der Waals surface area contributed by atoms with Gasteiger partial charge in [0.05, 0.1) is 0 Å². The fraction of sp³-hybridized carbons (Fsp3) is 0.500. The average molecular weight is 238 g/mol. The molecule has 0 spiro atoms. The maximum atomic E-state index is 12.0. The number of hydrogen-bond acceptors (Lipinski definition) is 3. The number of hydrogen-bond donors (Lipinski definition) is 2. The molecule has 0 saturated heterocycles. The second-order valence-electron chi connectivity index (χ2n) is 3.93. The van der Waals surface area contributed by atoms with Crippen molar-refractivity contribution in [2.45, 2.75) is 39.7 Å². The first-order valence-corrected chi connectivity index (χ1v) is 5.78. The molecule has 0 fully saturated rings. The molecule has 0 radical (unpaired) electrons. The van der Waals surface area contributed by atoms with Gasteiger partial charge >= 0.3 is 0 Å². The van der Waals surface area contributed by atoms with Gasteiger partial charge in [0.1, 0.15) is 5.56 Å². The minimum absolute atomic E-state index is 0.0126. The Morgan fingerprint density at radius 3 is 2.59 bits per heavy atom. The zero-order valence-electron chi connectivity index (χ0n) is 10.2. The van der Waals surface area contributed by atoms with E-state index in [-0.39, 0.29) is 11.4 Å². The zero-order valence-corrected chi connectivity index (χ0v) is 10.2. The highest BCUT2D eigenvalue weighted by atomic mass is 16.3. The molecule has 1 aromatic rings. The van der Waals surface area contributed by atoms with Crippen LogP contribution >= 0.6 is 0 Å². The first kappa shape index (κ1) is 13.3. The van der Waals surface area contributed by atoms with Crippen molar-refractivity contribution in [2.24, 2.45) is 5.73 Å². The topological polar surface area (TPSA) is 85.3 Å². The molecule has 0 aliphatic heterocycles. The highest BCUT2D eigenvalue weighted by Gasteiger charge is 2.17. The third-order valence-electron chi connectivity index (χ3n) is 2.72. The van der Waals surface area contributed by atoms with Crippen LogP contribution in [0.5, 0.6) is 5.88 Å². The van der Waals surface area contributed by atoms with E-state index in [1.165, 1.54) is 10.6 Å². The first-order chi connectivity index (χ1) is 8.02. The minimum atomic E-state index is -0.739. The summed E-state index contributed by atoms with van der Waals surface area (Å²) in [5.74, 6) is -0.845. The fourth-order valence-electron chi connectivity index (χ4n) is 1.76. The van der Waals surface area contributed by atoms with Crippen molar-refractivity contribution in [3.63, 3.8) is 0 Å². The van der Waals surface area contributed by atoms with E-state index in [0.717, 1.165) is 12.8 Å². The van der Waals surface area contributed by atoms with Gasteiger partial charge in [-0.25, -0.2) is 0 Å². The third kappa shape index (κ3) is 2.67. The second kappa shape index (κ2) is 5.52. The number of carbonyl (C=O) groups excluding carboxylic acids is 1. The molecule has 5 nitrogen and oxygen atoms in total. The summed E-state index contributed by atoms with van der Waals surface area (Å²) in [6.07, 6.45) is 2.14. The molecular weight excluding hydrogens is 220 g/mol. The number of amides is 1. The fourth-order valence-corrected chi connectivity index (χ4v) is 1.76. The van der Waals surface area contributed by atoms with Gasteiger partial charge in [-0.3, -0.25) is 14.2 Å². The van der Waals surface area contributed by atoms with Crippen LogP contribution in [-0.2, 0) is 13.0 Å². The summed E-state index contributed by atoms with van der Waals surface area (Å²) in [6, 6.07) is 1.44. The van der Waals surface area contributed by atoms with Gasteiger partial charge in [-0.15, -0.1) is 0 Å². The van der Waals surface area contributed by atoms with Crippen LogP contribution in [0.1, 0.15) is 42.6 Å². The lowest BCUT2D eigenvalue weighted by atomic mass is 10.1. The molecule has 0 aliphatic rings. The van der Waals surface area contributed by atoms with Crippen molar-refractivity contribution in [1.82, 2.24) is 4.57 Å². The molecule has 1 rings (SSSR count). The minimum Gasteiger partial charge on any atom is -0.494 e. The Labute approximate surface area is 99.9 Å². The van der Waals surface area contributed by atoms with Crippen LogP contribution in [-0.4, -0.2) is 15.6 Å². The standard InChI is InChI=1S/C12H18N2O3/c1-3-5-6-14-9(15)7-8(4-2)10(11(13)16)12(14)17/h7,15H,3-6H2,1-2H3,(H2,13,16). The van der Waals surface area contributed by atoms with E-state index in [9.17, 15) is 14.7 Å². The summed E-state index contributed by atoms with van der Waals surface area (Å²) < 4.78 is 1.20. The molecule has 0 atom stereocenters. The Morgan fingerprint density at radius 2 is 2.12 bits per heavy atom. The molecule has 1 heterocycles. The van der Waals surface area contributed by atoms with Gasteiger partial charge in [-0.2, -0.15) is 0 Å². The van der Waals surface area contributed by atoms with E-state index in [1.54, 1.807) is 6.92 Å². The predicted octanol–water partition coefficient (Wildman–Crippen LogP) is 1.02. The van der Waals surface area contributed by atoms with Crippen LogP contribution in [0.25, 0.3) is 0 Å². The molecule has 1 amide bonds. The van der Waals surface area contributed by atoms with E-state index in [0.29, 0.717) is 18.5 Å². The number of nitrogens with zero attached hydrogens (tertiary/aromatic N) is 1. The van der Waals surface area contributed by atoms with Crippen molar-refractivity contribution in [3.05, 3.63) is 27.5 Å². The second-order valence-corrected chi connectivity index (χ2v) is 3.93. The number of aryl methyl sites for hydroxylation is 1. The Balaban J connectivity index is 3.38. The number of nitrogens with two attached hydrogens (primary N) is 1. The van der Waals surface area contributed by atoms with Gasteiger partial charge < -0.3 is 10.8 Å². The third-order valence-corrected chi connectivity index (χ3v) is 2.72. The van der Waals surface area contributed by atoms with Crippen LogP contribution in [0, 0.1) is 0 Å². The van der Waals surface area contributed by atoms with Gasteiger partial charge in [0.25, 0.3) is 11.5 Å². The normalized spacial score (nSPS) is 10.5. The molecule has 1 aromatic heterocycles. The molecule has 5 heteroatoms. The molecule has 17 heavy (non-hydrogen) atoms. The number of carbonyl (C=O) groups is 1. The first-order valence-electron chi connectivity index (χ1n) is 5.78. The van der Waals surface area contributed by atoms with Gasteiger partial charge in [0.15, 0.2) is 5.88 Å². The molecular formula is C12H18N2O3. The van der Waals surface area contributed by atoms with Crippen LogP contribution in [0.3, 0.4) is 0 Å². The van der Waals surface area contributed by atoms with Crippen LogP contribution in [0.4, 0.5) is 0 Å². The Morgan fingerprint density at radius 1 is 1.47 bits per heavy atom. The lowest BCUT2D eigenvalue weighted by Crippen LogP contribution is -2.31. The predicted molar refractivity (Wildman–Crippen MR) is 65.2 cm³/mol. The van der Waals surface area contributed by atoms with Crippen molar-refractivity contribution >= 4 is 5.91 Å². The maximum absolute atomic E-state index is 12.0. The lowest BCUT2D eigenvalue weighted by molar-refractivity contribution is 0.0997. The maximum Gasteiger partial charge on any atom is 0.266 e. The number of unbranched alkanes of at least 4 members (excludes halogenated alkanes) is 1. The number of rotatable bonds is 5. The van der Waals surface area contributed by atoms with Gasteiger partial charge in [0, 0.05) is 12.6 Å². The Kier molecular flexibility index (Phi) is 4.31. The summed E-state index contributed by atoms with van der Waals surface area (Å²) in [6.45, 7) is 4.18. The molecule has 0 aromatic carbocycles. The zero-order chi connectivity index (χ0) is 13.0. The number of aromatic hydroxyl groups is 1. The summed E-state index contributed by atoms with van der Waals surface area (Å²) in [5, 5.41) is 9.75. The summed E-state index contributed by atoms with van der Waals surface area (Å²) in [7, 11) is 0. The van der Waals surface area contributed by atoms with Crippen molar-refractivity contribution < 1.29 is 9.90 Å². The van der Waals surface area contributed by atoms with Crippen molar-refractivity contribution in [2.75, 3.05) is 0 Å². The summed E-state index contributed by atoms with van der Waals surface area (Å²) in [4.78, 5) is 23.3. The molecule has 0 saturated carbocycles. The number of pyridine rings is 1.